The van der Waals surface area contributed by atoms with Crippen molar-refractivity contribution >= 4 is 0 Å². The molecule has 0 N–H and O–H groups in total. The Kier molecular flexibility index (Phi) is 4.35. The van der Waals surface area contributed by atoms with Crippen LogP contribution in [0.15, 0.2) is 0 Å². The van der Waals surface area contributed by atoms with Crippen molar-refractivity contribution < 1.29 is 0 Å². The molecule has 0 aliphatic carbocycles. The molecule has 8 heavy (non-hydrogen) atoms. The number of rotatable bonds is 3. The van der Waals surface area contributed by atoms with Crippen LogP contribution < -0.4 is 0 Å². The molecule has 0 rings (SSSR count). The molecule has 0 aromatic heterocycles. The Labute approximate surface area is 51.3 Å². The van der Waals surface area contributed by atoms with E-state index in [0.29, 0.717) is 6.42 Å². The minimum Gasteiger partial charge on any atom is -0.198 e. The smallest absolute Gasteiger partial charge is 0.0655 e. The van der Waals surface area contributed by atoms with Gasteiger partial charge in [-0.2, -0.15) is 5.26 Å². The summed E-state index contributed by atoms with van der Waals surface area (Å²) in [5, 5.41) is 8.33. The molecule has 1 unspecified atom stereocenters. The normalized spacial score (nSPS) is 12.6. The monoisotopic (exact) mass is 109 g/mol. The summed E-state index contributed by atoms with van der Waals surface area (Å²) in [6.45, 7) is 7.30. The summed E-state index contributed by atoms with van der Waals surface area (Å²) in [6, 6.07) is 2.13. The molecule has 0 fully saturated rings. The van der Waals surface area contributed by atoms with Crippen molar-refractivity contribution in [2.45, 2.75) is 26.2 Å². The third-order valence-corrected chi connectivity index (χ3v) is 1.10. The van der Waals surface area contributed by atoms with Crippen LogP contribution in [0.1, 0.15) is 26.2 Å². The molecule has 0 heterocycles. The number of hydrogen-bond donors (Lipinski definition) is 0. The maximum Gasteiger partial charge on any atom is 0.0655 e. The zero-order chi connectivity index (χ0) is 6.41. The van der Waals surface area contributed by atoms with E-state index in [0.717, 1.165) is 12.8 Å². The van der Waals surface area contributed by atoms with Crippen LogP contribution in [0.2, 0.25) is 0 Å². The van der Waals surface area contributed by atoms with Gasteiger partial charge >= 0.3 is 0 Å². The van der Waals surface area contributed by atoms with E-state index in [4.69, 9.17) is 12.2 Å². The largest absolute Gasteiger partial charge is 0.198 e. The summed E-state index contributed by atoms with van der Waals surface area (Å²) in [5.41, 5.74) is 0. The summed E-state index contributed by atoms with van der Waals surface area (Å²) in [5.74, 6) is 0.0833. The van der Waals surface area contributed by atoms with Crippen molar-refractivity contribution in [1.82, 2.24) is 0 Å². The number of hydrogen-bond acceptors (Lipinski definition) is 1. The molecule has 0 bridgehead atoms. The predicted molar refractivity (Wildman–Crippen MR) is 32.9 cm³/mol. The molecule has 0 aromatic carbocycles. The summed E-state index contributed by atoms with van der Waals surface area (Å²) in [6.07, 6.45) is 2.49. The zero-order valence-corrected chi connectivity index (χ0v) is 5.22. The van der Waals surface area contributed by atoms with Crippen molar-refractivity contribution in [1.29, 1.82) is 5.26 Å². The molecule has 44 valence electrons. The van der Waals surface area contributed by atoms with E-state index in [1.807, 2.05) is 0 Å². The van der Waals surface area contributed by atoms with Gasteiger partial charge in [-0.15, -0.1) is 0 Å². The highest BCUT2D eigenvalue weighted by molar-refractivity contribution is 4.82. The van der Waals surface area contributed by atoms with E-state index in [2.05, 4.69) is 13.0 Å². The Morgan fingerprint density at radius 1 is 1.75 bits per heavy atom. The molecule has 0 saturated carbocycles. The van der Waals surface area contributed by atoms with Crippen LogP contribution in [0.25, 0.3) is 0 Å². The predicted octanol–water partition coefficient (Wildman–Crippen LogP) is 2.03. The molecule has 1 nitrogen and oxygen atoms in total. The first kappa shape index (κ1) is 7.49. The van der Waals surface area contributed by atoms with Crippen LogP contribution >= 0.6 is 0 Å². The van der Waals surface area contributed by atoms with Crippen LogP contribution in [0.5, 0.6) is 0 Å². The minimum absolute atomic E-state index is 0.0833. The van der Waals surface area contributed by atoms with Gasteiger partial charge in [-0.1, -0.05) is 13.3 Å². The summed E-state index contributed by atoms with van der Waals surface area (Å²) in [7, 11) is 0. The Balaban J connectivity index is 3.26. The average molecular weight is 109 g/mol. The van der Waals surface area contributed by atoms with Gasteiger partial charge in [0.1, 0.15) is 0 Å². The van der Waals surface area contributed by atoms with Crippen LogP contribution in [-0.2, 0) is 0 Å². The maximum absolute atomic E-state index is 8.33. The summed E-state index contributed by atoms with van der Waals surface area (Å²) < 4.78 is 0. The van der Waals surface area contributed by atoms with Crippen molar-refractivity contribution in [3.8, 4) is 6.07 Å². The zero-order valence-electron chi connectivity index (χ0n) is 5.22. The van der Waals surface area contributed by atoms with Gasteiger partial charge in [0.25, 0.3) is 0 Å². The first-order chi connectivity index (χ1) is 3.85. The molecule has 0 amide bonds. The van der Waals surface area contributed by atoms with Crippen molar-refractivity contribution in [2.75, 3.05) is 0 Å². The lowest BCUT2D eigenvalue weighted by Crippen LogP contribution is -1.91. The molecule has 0 aromatic rings. The van der Waals surface area contributed by atoms with Crippen LogP contribution in [0.3, 0.4) is 0 Å². The molecule has 2 radical (unpaired) electrons. The Hall–Kier alpha value is -0.510. The first-order valence-corrected chi connectivity index (χ1v) is 2.94. The van der Waals surface area contributed by atoms with Gasteiger partial charge in [-0.25, -0.2) is 0 Å². The maximum atomic E-state index is 8.33. The molecule has 0 saturated heterocycles. The second-order valence-electron chi connectivity index (χ2n) is 1.85. The van der Waals surface area contributed by atoms with Gasteiger partial charge in [0.15, 0.2) is 0 Å². The van der Waals surface area contributed by atoms with E-state index in [1.165, 1.54) is 0 Å². The van der Waals surface area contributed by atoms with E-state index >= 15 is 0 Å². The molecule has 1 heteroatoms. The lowest BCUT2D eigenvalue weighted by molar-refractivity contribution is 0.599. The Bertz CT molecular complexity index is 80.9. The molecule has 0 aliphatic heterocycles. The van der Waals surface area contributed by atoms with Crippen LogP contribution in [0, 0.1) is 24.2 Å². The van der Waals surface area contributed by atoms with Gasteiger partial charge in [0, 0.05) is 5.92 Å². The van der Waals surface area contributed by atoms with Crippen molar-refractivity contribution in [3.05, 3.63) is 6.92 Å². The summed E-state index contributed by atoms with van der Waals surface area (Å²) >= 11 is 0. The Morgan fingerprint density at radius 3 is 2.50 bits per heavy atom. The highest BCUT2D eigenvalue weighted by Crippen LogP contribution is 2.07. The second-order valence-corrected chi connectivity index (χ2v) is 1.85. The van der Waals surface area contributed by atoms with Gasteiger partial charge in [0.05, 0.1) is 6.07 Å². The molecular formula is C7H11N. The quantitative estimate of drug-likeness (QED) is 0.544. The van der Waals surface area contributed by atoms with Gasteiger partial charge in [-0.05, 0) is 19.8 Å². The van der Waals surface area contributed by atoms with Gasteiger partial charge in [-0.3, -0.25) is 0 Å². The molecular weight excluding hydrogens is 98.1 g/mol. The first-order valence-electron chi connectivity index (χ1n) is 2.94. The number of nitrogens with zero attached hydrogens (tertiary/aromatic N) is 1. The summed E-state index contributed by atoms with van der Waals surface area (Å²) in [4.78, 5) is 0. The Morgan fingerprint density at radius 2 is 2.38 bits per heavy atom. The highest BCUT2D eigenvalue weighted by Gasteiger charge is 1.99. The fourth-order valence-corrected chi connectivity index (χ4v) is 0.584. The molecule has 1 atom stereocenters. The lowest BCUT2D eigenvalue weighted by Gasteiger charge is -1.99. The van der Waals surface area contributed by atoms with E-state index in [9.17, 15) is 0 Å². The SMILES string of the molecule is [CH]CC(C#N)CCC. The second kappa shape index (κ2) is 4.64. The topological polar surface area (TPSA) is 23.8 Å². The lowest BCUT2D eigenvalue weighted by atomic mass is 10.0. The highest BCUT2D eigenvalue weighted by atomic mass is 14.3. The number of nitriles is 1. The van der Waals surface area contributed by atoms with Crippen LogP contribution in [0.4, 0.5) is 0 Å². The van der Waals surface area contributed by atoms with Crippen LogP contribution in [-0.4, -0.2) is 0 Å². The third kappa shape index (κ3) is 2.63. The fourth-order valence-electron chi connectivity index (χ4n) is 0.584. The minimum atomic E-state index is 0.0833. The average Bonchev–Trinajstić information content (AvgIpc) is 1.83. The fraction of sp³-hybridized carbons (Fsp3) is 0.714. The van der Waals surface area contributed by atoms with Crippen molar-refractivity contribution in [3.63, 3.8) is 0 Å². The van der Waals surface area contributed by atoms with Crippen molar-refractivity contribution in [2.24, 2.45) is 5.92 Å². The third-order valence-electron chi connectivity index (χ3n) is 1.10. The van der Waals surface area contributed by atoms with E-state index in [1.54, 1.807) is 0 Å². The van der Waals surface area contributed by atoms with Gasteiger partial charge in [0.2, 0.25) is 0 Å². The molecule has 0 spiro atoms. The standard InChI is InChI=1S/C7H11N/c1-3-5-7(4-2)6-8/h2,7H,3-5H2,1H3. The van der Waals surface area contributed by atoms with Gasteiger partial charge < -0.3 is 0 Å². The van der Waals surface area contributed by atoms with E-state index in [-0.39, 0.29) is 5.92 Å². The molecule has 0 aliphatic rings. The van der Waals surface area contributed by atoms with E-state index < -0.39 is 0 Å².